The highest BCUT2D eigenvalue weighted by Gasteiger charge is 2.27. The largest absolute Gasteiger partial charge is 0.491 e. The van der Waals surface area contributed by atoms with Gasteiger partial charge in [0.1, 0.15) is 0 Å². The van der Waals surface area contributed by atoms with Crippen LogP contribution in [0.5, 0.6) is 0 Å². The fourth-order valence-electron chi connectivity index (χ4n) is 1.88. The van der Waals surface area contributed by atoms with Crippen molar-refractivity contribution in [2.75, 3.05) is 4.72 Å². The summed E-state index contributed by atoms with van der Waals surface area (Å²) in [7, 11) is -4.74. The van der Waals surface area contributed by atoms with Crippen molar-refractivity contribution in [3.63, 3.8) is 0 Å². The molecule has 0 atom stereocenters. The van der Waals surface area contributed by atoms with Crippen LogP contribution in [0.4, 0.5) is 5.69 Å². The highest BCUT2D eigenvalue weighted by Crippen LogP contribution is 2.18. The minimum absolute atomic E-state index is 0.0183. The zero-order chi connectivity index (χ0) is 14.8. The molecule has 7 heteroatoms. The molecule has 20 heavy (non-hydrogen) atoms. The van der Waals surface area contributed by atoms with Gasteiger partial charge in [-0.05, 0) is 35.3 Å². The van der Waals surface area contributed by atoms with Gasteiger partial charge in [0.2, 0.25) is 0 Å². The molecule has 1 heterocycles. The summed E-state index contributed by atoms with van der Waals surface area (Å²) in [6.45, 7) is 7.24. The zero-order valence-electron chi connectivity index (χ0n) is 10.7. The molecule has 0 saturated carbocycles. The van der Waals surface area contributed by atoms with Crippen LogP contribution < -0.4 is 10.2 Å². The number of nitrogens with one attached hydrogen (secondary N) is 1. The molecule has 5 nitrogen and oxygen atoms in total. The molecule has 0 amide bonds. The van der Waals surface area contributed by atoms with Gasteiger partial charge in [0.15, 0.2) is 0 Å². The van der Waals surface area contributed by atoms with E-state index in [1.165, 1.54) is 18.2 Å². The maximum absolute atomic E-state index is 12.1. The van der Waals surface area contributed by atoms with Gasteiger partial charge in [0, 0.05) is 5.69 Å². The highest BCUT2D eigenvalue weighted by molar-refractivity contribution is 7.96. The summed E-state index contributed by atoms with van der Waals surface area (Å²) in [4.78, 5) is 0.0183. The van der Waals surface area contributed by atoms with Gasteiger partial charge >= 0.3 is 7.12 Å². The summed E-state index contributed by atoms with van der Waals surface area (Å²) in [6.07, 6.45) is 3.95. The quantitative estimate of drug-likeness (QED) is 0.624. The summed E-state index contributed by atoms with van der Waals surface area (Å²) in [5, 5.41) is 9.60. The molecule has 2 N–H and O–H groups in total. The Bertz CT molecular complexity index is 682. The van der Waals surface area contributed by atoms with Crippen molar-refractivity contribution in [1.82, 2.24) is 0 Å². The molecule has 2 rings (SSSR count). The molecule has 0 unspecified atom stereocenters. The average Bonchev–Trinajstić information content (AvgIpc) is 2.77. The van der Waals surface area contributed by atoms with Gasteiger partial charge in [0.05, 0.1) is 11.5 Å². The van der Waals surface area contributed by atoms with Crippen molar-refractivity contribution in [3.8, 4) is 0 Å². The molecule has 0 aliphatic carbocycles. The fourth-order valence-corrected chi connectivity index (χ4v) is 2.93. The van der Waals surface area contributed by atoms with Gasteiger partial charge in [-0.2, -0.15) is 0 Å². The molecule has 1 aliphatic heterocycles. The number of hydrogen-bond donors (Lipinski definition) is 2. The van der Waals surface area contributed by atoms with Gasteiger partial charge in [0.25, 0.3) is 10.0 Å². The summed E-state index contributed by atoms with van der Waals surface area (Å²) in [6, 6.07) is 4.89. The van der Waals surface area contributed by atoms with Crippen molar-refractivity contribution in [3.05, 3.63) is 60.1 Å². The lowest BCUT2D eigenvalue weighted by molar-refractivity contribution is 0.275. The Kier molecular flexibility index (Phi) is 4.13. The van der Waals surface area contributed by atoms with E-state index >= 15 is 0 Å². The van der Waals surface area contributed by atoms with E-state index in [4.69, 9.17) is 4.65 Å². The maximum atomic E-state index is 12.1. The first-order valence-electron chi connectivity index (χ1n) is 5.88. The van der Waals surface area contributed by atoms with E-state index in [1.807, 2.05) is 0 Å². The standard InChI is InChI=1S/C13H14BNO4S/c1-3-5-12(4-2)20(17,18)15-11-7-6-10-9-19-14(16)13(10)8-11/h3-8,15-16H,1-2,9H2. The minimum atomic E-state index is -3.72. The van der Waals surface area contributed by atoms with Gasteiger partial charge in [-0.1, -0.05) is 25.3 Å². The normalized spacial score (nSPS) is 14.8. The third kappa shape index (κ3) is 2.85. The van der Waals surface area contributed by atoms with Crippen molar-refractivity contribution >= 4 is 28.3 Å². The molecule has 0 aromatic heterocycles. The van der Waals surface area contributed by atoms with Gasteiger partial charge in [-0.15, -0.1) is 0 Å². The first-order chi connectivity index (χ1) is 9.47. The summed E-state index contributed by atoms with van der Waals surface area (Å²) in [5.41, 5.74) is 1.76. The number of allylic oxidation sites excluding steroid dienone is 3. The van der Waals surface area contributed by atoms with Gasteiger partial charge < -0.3 is 9.68 Å². The summed E-state index contributed by atoms with van der Waals surface area (Å²) < 4.78 is 31.7. The number of rotatable bonds is 5. The van der Waals surface area contributed by atoms with Crippen molar-refractivity contribution < 1.29 is 18.1 Å². The lowest BCUT2D eigenvalue weighted by atomic mass is 9.79. The van der Waals surface area contributed by atoms with Crippen LogP contribution in [0.3, 0.4) is 0 Å². The van der Waals surface area contributed by atoms with Crippen LogP contribution in [0, 0.1) is 0 Å². The van der Waals surface area contributed by atoms with Gasteiger partial charge in [-0.25, -0.2) is 8.42 Å². The van der Waals surface area contributed by atoms with Crippen LogP contribution in [0.2, 0.25) is 0 Å². The Hall–Kier alpha value is -1.83. The molecule has 0 spiro atoms. The topological polar surface area (TPSA) is 75.6 Å². The third-order valence-corrected chi connectivity index (χ3v) is 4.28. The third-order valence-electron chi connectivity index (χ3n) is 2.85. The van der Waals surface area contributed by atoms with E-state index in [0.29, 0.717) is 17.8 Å². The molecular weight excluding hydrogens is 277 g/mol. The lowest BCUT2D eigenvalue weighted by Crippen LogP contribution is -2.28. The second-order valence-corrected chi connectivity index (χ2v) is 5.87. The molecule has 0 fully saturated rings. The number of anilines is 1. The molecular formula is C13H14BNO4S. The Balaban J connectivity index is 2.31. The second kappa shape index (κ2) is 5.66. The van der Waals surface area contributed by atoms with Crippen LogP contribution in [-0.2, 0) is 21.3 Å². The van der Waals surface area contributed by atoms with Crippen LogP contribution in [0.15, 0.2) is 54.5 Å². The van der Waals surface area contributed by atoms with E-state index in [9.17, 15) is 13.4 Å². The molecule has 104 valence electrons. The Morgan fingerprint density at radius 2 is 2.20 bits per heavy atom. The van der Waals surface area contributed by atoms with E-state index in [1.54, 1.807) is 18.2 Å². The smallest absolute Gasteiger partial charge is 0.423 e. The number of benzene rings is 1. The summed E-state index contributed by atoms with van der Waals surface area (Å²) >= 11 is 0. The predicted octanol–water partition coefficient (Wildman–Crippen LogP) is 0.902. The van der Waals surface area contributed by atoms with Crippen LogP contribution in [0.25, 0.3) is 0 Å². The Morgan fingerprint density at radius 1 is 1.45 bits per heavy atom. The number of sulfonamides is 1. The van der Waals surface area contributed by atoms with E-state index in [0.717, 1.165) is 5.56 Å². The molecule has 0 bridgehead atoms. The van der Waals surface area contributed by atoms with E-state index < -0.39 is 17.1 Å². The van der Waals surface area contributed by atoms with E-state index in [2.05, 4.69) is 17.9 Å². The Labute approximate surface area is 118 Å². The highest BCUT2D eigenvalue weighted by atomic mass is 32.2. The first kappa shape index (κ1) is 14.6. The maximum Gasteiger partial charge on any atom is 0.491 e. The van der Waals surface area contributed by atoms with Crippen molar-refractivity contribution in [2.45, 2.75) is 6.61 Å². The van der Waals surface area contributed by atoms with Crippen molar-refractivity contribution in [1.29, 1.82) is 0 Å². The van der Waals surface area contributed by atoms with Crippen molar-refractivity contribution in [2.24, 2.45) is 0 Å². The molecule has 1 aromatic carbocycles. The molecule has 1 aliphatic rings. The molecule has 0 saturated heterocycles. The monoisotopic (exact) mass is 291 g/mol. The molecule has 0 radical (unpaired) electrons. The number of hydrogen-bond acceptors (Lipinski definition) is 4. The van der Waals surface area contributed by atoms with Crippen LogP contribution in [-0.4, -0.2) is 20.6 Å². The minimum Gasteiger partial charge on any atom is -0.423 e. The predicted molar refractivity (Wildman–Crippen MR) is 79.9 cm³/mol. The van der Waals surface area contributed by atoms with Gasteiger partial charge in [-0.3, -0.25) is 4.72 Å². The second-order valence-electron chi connectivity index (χ2n) is 4.19. The van der Waals surface area contributed by atoms with Crippen LogP contribution in [0.1, 0.15) is 5.56 Å². The Morgan fingerprint density at radius 3 is 2.85 bits per heavy atom. The van der Waals surface area contributed by atoms with E-state index in [-0.39, 0.29) is 4.91 Å². The average molecular weight is 291 g/mol. The molecule has 1 aromatic rings. The fraction of sp³-hybridized carbons (Fsp3) is 0.0769. The lowest BCUT2D eigenvalue weighted by Gasteiger charge is -2.09. The van der Waals surface area contributed by atoms with Crippen LogP contribution >= 0.6 is 0 Å². The first-order valence-corrected chi connectivity index (χ1v) is 7.36. The summed E-state index contributed by atoms with van der Waals surface area (Å²) in [5.74, 6) is 0. The zero-order valence-corrected chi connectivity index (χ0v) is 11.6. The number of fused-ring (bicyclic) bond motifs is 1. The SMILES string of the molecule is C=CC=C(C=C)S(=O)(=O)Nc1ccc2c(c1)B(O)OC2.